The lowest BCUT2D eigenvalue weighted by molar-refractivity contribution is -0.167. The van der Waals surface area contributed by atoms with Crippen molar-refractivity contribution < 1.29 is 28.6 Å². The Labute approximate surface area is 375 Å². The first-order chi connectivity index (χ1) is 30.0. The third-order valence-electron chi connectivity index (χ3n) is 10.5. The predicted octanol–water partition coefficient (Wildman–Crippen LogP) is 16.4. The number of hydrogen-bond acceptors (Lipinski definition) is 6. The molecule has 1 atom stereocenters. The topological polar surface area (TPSA) is 78.9 Å². The Morgan fingerprint density at radius 2 is 0.721 bits per heavy atom. The van der Waals surface area contributed by atoms with Crippen LogP contribution in [0.15, 0.2) is 85.1 Å². The van der Waals surface area contributed by atoms with Gasteiger partial charge in [0.2, 0.25) is 0 Å². The molecule has 0 amide bonds. The van der Waals surface area contributed by atoms with E-state index in [0.29, 0.717) is 19.3 Å². The van der Waals surface area contributed by atoms with E-state index in [-0.39, 0.29) is 31.1 Å². The SMILES string of the molecule is CC/C=C/C=C/C=C/C=C/CCCCCC(=O)OCC(COC(=O)CCCCCCCC/C=C/C/C=C/C/C=C/CC)OC(=O)CCCCCCCCCCCCCCCC. The number of carbonyl (C=O) groups excluding carboxylic acids is 3. The molecule has 0 saturated carbocycles. The van der Waals surface area contributed by atoms with E-state index in [4.69, 9.17) is 14.2 Å². The van der Waals surface area contributed by atoms with Crippen molar-refractivity contribution in [2.45, 2.75) is 232 Å². The van der Waals surface area contributed by atoms with Crippen molar-refractivity contribution in [1.29, 1.82) is 0 Å². The molecule has 1 unspecified atom stereocenters. The van der Waals surface area contributed by atoms with Gasteiger partial charge in [0.1, 0.15) is 13.2 Å². The monoisotopic (exact) mass is 849 g/mol. The van der Waals surface area contributed by atoms with Crippen LogP contribution < -0.4 is 0 Å². The second-order valence-corrected chi connectivity index (χ2v) is 16.4. The standard InChI is InChI=1S/C55H92O6/c1-4-7-10-13-16-19-22-25-27-28-31-33-36-39-42-45-48-54(57)60-51-52(50-59-53(56)47-44-41-38-35-32-29-24-21-18-15-12-9-6-3)61-55(58)49-46-43-40-37-34-30-26-23-20-17-14-11-8-5-2/h7,9-10,12,15-16,18-19,21,24-25,27,29,32,52H,4-6,8,11,13-14,17,20,22-23,26,28,30-31,33-51H2,1-3H3/b10-7+,12-9+,18-15+,19-16+,24-21+,27-25+,32-29+. The molecule has 0 aliphatic rings. The number of rotatable bonds is 44. The molecular weight excluding hydrogens is 757 g/mol. The van der Waals surface area contributed by atoms with Crippen LogP contribution in [0.2, 0.25) is 0 Å². The Morgan fingerprint density at radius 3 is 1.21 bits per heavy atom. The maximum absolute atomic E-state index is 12.8. The molecule has 0 saturated heterocycles. The lowest BCUT2D eigenvalue weighted by atomic mass is 10.0. The van der Waals surface area contributed by atoms with Crippen molar-refractivity contribution in [3.63, 3.8) is 0 Å². The van der Waals surface area contributed by atoms with Crippen LogP contribution >= 0.6 is 0 Å². The van der Waals surface area contributed by atoms with Crippen molar-refractivity contribution in [2.24, 2.45) is 0 Å². The second kappa shape index (κ2) is 49.2. The smallest absolute Gasteiger partial charge is 0.306 e. The summed E-state index contributed by atoms with van der Waals surface area (Å²) in [6, 6.07) is 0. The zero-order valence-electron chi connectivity index (χ0n) is 39.7. The third kappa shape index (κ3) is 47.5. The Bertz CT molecular complexity index is 1200. The van der Waals surface area contributed by atoms with Gasteiger partial charge in [-0.05, 0) is 70.6 Å². The largest absolute Gasteiger partial charge is 0.462 e. The molecule has 348 valence electrons. The molecule has 0 bridgehead atoms. The summed E-state index contributed by atoms with van der Waals surface area (Å²) >= 11 is 0. The summed E-state index contributed by atoms with van der Waals surface area (Å²) in [5, 5.41) is 0. The third-order valence-corrected chi connectivity index (χ3v) is 10.5. The lowest BCUT2D eigenvalue weighted by Gasteiger charge is -2.18. The van der Waals surface area contributed by atoms with Crippen LogP contribution in [-0.2, 0) is 28.6 Å². The number of allylic oxidation sites excluding steroid dienone is 14. The van der Waals surface area contributed by atoms with Gasteiger partial charge in [-0.15, -0.1) is 0 Å². The van der Waals surface area contributed by atoms with E-state index < -0.39 is 6.10 Å². The summed E-state index contributed by atoms with van der Waals surface area (Å²) in [4.78, 5) is 37.9. The highest BCUT2D eigenvalue weighted by Crippen LogP contribution is 2.15. The number of ether oxygens (including phenoxy) is 3. The molecule has 0 heterocycles. The van der Waals surface area contributed by atoms with Gasteiger partial charge in [-0.25, -0.2) is 0 Å². The molecule has 61 heavy (non-hydrogen) atoms. The van der Waals surface area contributed by atoms with Gasteiger partial charge in [-0.2, -0.15) is 0 Å². The summed E-state index contributed by atoms with van der Waals surface area (Å²) in [7, 11) is 0. The molecule has 0 fully saturated rings. The molecule has 6 nitrogen and oxygen atoms in total. The number of esters is 3. The van der Waals surface area contributed by atoms with Crippen LogP contribution in [0.5, 0.6) is 0 Å². The summed E-state index contributed by atoms with van der Waals surface area (Å²) < 4.78 is 16.7. The van der Waals surface area contributed by atoms with E-state index in [9.17, 15) is 14.4 Å². The van der Waals surface area contributed by atoms with Crippen molar-refractivity contribution in [1.82, 2.24) is 0 Å². The van der Waals surface area contributed by atoms with Crippen molar-refractivity contribution in [2.75, 3.05) is 13.2 Å². The highest BCUT2D eigenvalue weighted by molar-refractivity contribution is 5.71. The molecule has 0 radical (unpaired) electrons. The highest BCUT2D eigenvalue weighted by atomic mass is 16.6. The molecule has 0 aromatic heterocycles. The Hall–Kier alpha value is -3.41. The minimum Gasteiger partial charge on any atom is -0.462 e. The minimum absolute atomic E-state index is 0.0954. The van der Waals surface area contributed by atoms with E-state index >= 15 is 0 Å². The molecule has 0 aliphatic heterocycles. The van der Waals surface area contributed by atoms with Crippen molar-refractivity contribution >= 4 is 17.9 Å². The van der Waals surface area contributed by atoms with Crippen LogP contribution in [-0.4, -0.2) is 37.2 Å². The number of carbonyl (C=O) groups is 3. The average molecular weight is 849 g/mol. The van der Waals surface area contributed by atoms with E-state index in [2.05, 4.69) is 69.4 Å². The molecule has 0 aromatic carbocycles. The zero-order chi connectivity index (χ0) is 44.4. The van der Waals surface area contributed by atoms with Crippen LogP contribution in [0.1, 0.15) is 226 Å². The van der Waals surface area contributed by atoms with E-state index in [0.717, 1.165) is 96.3 Å². The number of unbranched alkanes of at least 4 members (excludes halogenated alkanes) is 22. The van der Waals surface area contributed by atoms with Crippen LogP contribution in [0.25, 0.3) is 0 Å². The first kappa shape index (κ1) is 57.6. The molecule has 6 heteroatoms. The fourth-order valence-corrected chi connectivity index (χ4v) is 6.76. The maximum atomic E-state index is 12.8. The fraction of sp³-hybridized carbons (Fsp3) is 0.691. The number of hydrogen-bond donors (Lipinski definition) is 0. The molecular formula is C55H92O6. The van der Waals surface area contributed by atoms with Crippen LogP contribution in [0.3, 0.4) is 0 Å². The molecule has 0 N–H and O–H groups in total. The highest BCUT2D eigenvalue weighted by Gasteiger charge is 2.19. The predicted molar refractivity (Wildman–Crippen MR) is 261 cm³/mol. The van der Waals surface area contributed by atoms with E-state index in [1.807, 2.05) is 36.5 Å². The van der Waals surface area contributed by atoms with Gasteiger partial charge in [0.05, 0.1) is 0 Å². The minimum atomic E-state index is -0.796. The van der Waals surface area contributed by atoms with E-state index in [1.165, 1.54) is 89.9 Å². The van der Waals surface area contributed by atoms with Crippen LogP contribution in [0, 0.1) is 0 Å². The first-order valence-electron chi connectivity index (χ1n) is 25.1. The zero-order valence-corrected chi connectivity index (χ0v) is 39.7. The summed E-state index contributed by atoms with van der Waals surface area (Å²) in [6.07, 6.45) is 62.8. The molecule has 0 rings (SSSR count). The molecule has 0 aliphatic carbocycles. The van der Waals surface area contributed by atoms with Gasteiger partial charge >= 0.3 is 17.9 Å². The van der Waals surface area contributed by atoms with Gasteiger partial charge in [0, 0.05) is 19.3 Å². The maximum Gasteiger partial charge on any atom is 0.306 e. The van der Waals surface area contributed by atoms with Gasteiger partial charge < -0.3 is 14.2 Å². The van der Waals surface area contributed by atoms with E-state index in [1.54, 1.807) is 0 Å². The van der Waals surface area contributed by atoms with Gasteiger partial charge in [-0.3, -0.25) is 14.4 Å². The average Bonchev–Trinajstić information content (AvgIpc) is 3.26. The Morgan fingerprint density at radius 1 is 0.361 bits per heavy atom. The van der Waals surface area contributed by atoms with Crippen LogP contribution in [0.4, 0.5) is 0 Å². The Balaban J connectivity index is 4.45. The summed E-state index contributed by atoms with van der Waals surface area (Å²) in [6.45, 7) is 6.34. The second-order valence-electron chi connectivity index (χ2n) is 16.4. The Kier molecular flexibility index (Phi) is 46.5. The van der Waals surface area contributed by atoms with Gasteiger partial charge in [-0.1, -0.05) is 221 Å². The van der Waals surface area contributed by atoms with Gasteiger partial charge in [0.25, 0.3) is 0 Å². The normalized spacial score (nSPS) is 12.8. The molecule has 0 spiro atoms. The summed E-state index contributed by atoms with van der Waals surface area (Å²) in [5.41, 5.74) is 0. The first-order valence-corrected chi connectivity index (χ1v) is 25.1. The van der Waals surface area contributed by atoms with Crippen molar-refractivity contribution in [3.8, 4) is 0 Å². The van der Waals surface area contributed by atoms with Gasteiger partial charge in [0.15, 0.2) is 6.10 Å². The molecule has 0 aromatic rings. The lowest BCUT2D eigenvalue weighted by Crippen LogP contribution is -2.30. The quantitative estimate of drug-likeness (QED) is 0.0200. The summed E-state index contributed by atoms with van der Waals surface area (Å²) in [5.74, 6) is -0.947. The van der Waals surface area contributed by atoms with Crippen molar-refractivity contribution in [3.05, 3.63) is 85.1 Å². The fourth-order valence-electron chi connectivity index (χ4n) is 6.76.